The molecule has 1 aromatic carbocycles. The second-order valence-corrected chi connectivity index (χ2v) is 5.52. The number of halogens is 1. The summed E-state index contributed by atoms with van der Waals surface area (Å²) in [5.41, 5.74) is 1.87. The molecule has 1 fully saturated rings. The third kappa shape index (κ3) is 3.45. The van der Waals surface area contributed by atoms with Crippen molar-refractivity contribution in [2.45, 2.75) is 0 Å². The zero-order valence-electron chi connectivity index (χ0n) is 12.6. The van der Waals surface area contributed by atoms with E-state index in [9.17, 15) is 0 Å². The van der Waals surface area contributed by atoms with Crippen LogP contribution in [0.3, 0.4) is 0 Å². The molecule has 0 aliphatic carbocycles. The zero-order valence-corrected chi connectivity index (χ0v) is 14.2. The molecular formula is C15H19ClN2O3S. The number of hydrogen-bond acceptors (Lipinski definition) is 6. The van der Waals surface area contributed by atoms with Gasteiger partial charge in [0.25, 0.3) is 0 Å². The Morgan fingerprint density at radius 3 is 2.64 bits per heavy atom. The maximum atomic E-state index is 5.43. The summed E-state index contributed by atoms with van der Waals surface area (Å²) in [6, 6.07) is 5.75. The van der Waals surface area contributed by atoms with Gasteiger partial charge in [-0.25, -0.2) is 4.98 Å². The molecule has 1 aliphatic rings. The molecule has 0 spiro atoms. The molecule has 1 aromatic heterocycles. The Labute approximate surface area is 140 Å². The molecular weight excluding hydrogens is 324 g/mol. The predicted molar refractivity (Wildman–Crippen MR) is 90.9 cm³/mol. The molecule has 2 aromatic rings. The maximum Gasteiger partial charge on any atom is 0.186 e. The van der Waals surface area contributed by atoms with E-state index in [1.807, 2.05) is 18.2 Å². The van der Waals surface area contributed by atoms with Crippen molar-refractivity contribution in [3.8, 4) is 22.8 Å². The fourth-order valence-corrected chi connectivity index (χ4v) is 3.18. The van der Waals surface area contributed by atoms with Crippen LogP contribution in [0.2, 0.25) is 0 Å². The van der Waals surface area contributed by atoms with Gasteiger partial charge in [-0.15, -0.1) is 23.7 Å². The summed E-state index contributed by atoms with van der Waals surface area (Å²) in [7, 11) is 3.33. The van der Waals surface area contributed by atoms with Gasteiger partial charge in [0.2, 0.25) is 0 Å². The molecule has 0 atom stereocenters. The molecule has 0 amide bonds. The van der Waals surface area contributed by atoms with E-state index in [0.717, 1.165) is 54.2 Å². The van der Waals surface area contributed by atoms with Crippen LogP contribution in [0.4, 0.5) is 5.13 Å². The highest BCUT2D eigenvalue weighted by Crippen LogP contribution is 2.35. The highest BCUT2D eigenvalue weighted by Gasteiger charge is 2.17. The van der Waals surface area contributed by atoms with E-state index in [1.165, 1.54) is 0 Å². The Balaban J connectivity index is 0.00000176. The summed E-state index contributed by atoms with van der Waals surface area (Å²) in [5, 5.41) is 3.08. The first kappa shape index (κ1) is 16.9. The number of anilines is 1. The summed E-state index contributed by atoms with van der Waals surface area (Å²) >= 11 is 1.65. The van der Waals surface area contributed by atoms with Crippen molar-refractivity contribution in [3.05, 3.63) is 23.6 Å². The lowest BCUT2D eigenvalue weighted by Gasteiger charge is -2.26. The SMILES string of the molecule is COc1ccc(OC)c(-c2csc(N3CCOCC3)n2)c1.Cl. The van der Waals surface area contributed by atoms with Gasteiger partial charge in [-0.1, -0.05) is 0 Å². The molecule has 3 rings (SSSR count). The van der Waals surface area contributed by atoms with Crippen LogP contribution >= 0.6 is 23.7 Å². The van der Waals surface area contributed by atoms with Gasteiger partial charge in [0, 0.05) is 24.0 Å². The van der Waals surface area contributed by atoms with Gasteiger partial charge in [-0.2, -0.15) is 0 Å². The van der Waals surface area contributed by atoms with E-state index >= 15 is 0 Å². The molecule has 0 unspecified atom stereocenters. The highest BCUT2D eigenvalue weighted by atomic mass is 35.5. The lowest BCUT2D eigenvalue weighted by molar-refractivity contribution is 0.122. The summed E-state index contributed by atoms with van der Waals surface area (Å²) < 4.78 is 16.1. The lowest BCUT2D eigenvalue weighted by Crippen LogP contribution is -2.36. The first-order chi connectivity index (χ1) is 10.3. The Morgan fingerprint density at radius 2 is 1.95 bits per heavy atom. The van der Waals surface area contributed by atoms with E-state index in [-0.39, 0.29) is 12.4 Å². The Hall–Kier alpha value is -1.50. The number of morpholine rings is 1. The number of aromatic nitrogens is 1. The summed E-state index contributed by atoms with van der Waals surface area (Å²) in [4.78, 5) is 7.00. The fourth-order valence-electron chi connectivity index (χ4n) is 2.30. The van der Waals surface area contributed by atoms with Crippen LogP contribution in [0.15, 0.2) is 23.6 Å². The van der Waals surface area contributed by atoms with E-state index in [4.69, 9.17) is 19.2 Å². The highest BCUT2D eigenvalue weighted by molar-refractivity contribution is 7.14. The van der Waals surface area contributed by atoms with Crippen molar-refractivity contribution in [2.75, 3.05) is 45.4 Å². The maximum absolute atomic E-state index is 5.43. The minimum atomic E-state index is 0. The average Bonchev–Trinajstić information content (AvgIpc) is 3.05. The molecule has 1 aliphatic heterocycles. The van der Waals surface area contributed by atoms with Gasteiger partial charge in [0.1, 0.15) is 11.5 Å². The van der Waals surface area contributed by atoms with E-state index in [1.54, 1.807) is 25.6 Å². The van der Waals surface area contributed by atoms with Gasteiger partial charge in [-0.3, -0.25) is 0 Å². The minimum absolute atomic E-state index is 0. The van der Waals surface area contributed by atoms with Crippen molar-refractivity contribution < 1.29 is 14.2 Å². The van der Waals surface area contributed by atoms with Crippen molar-refractivity contribution in [2.24, 2.45) is 0 Å². The number of benzene rings is 1. The Kier molecular flexibility index (Phi) is 5.88. The molecule has 1 saturated heterocycles. The number of rotatable bonds is 4. The second-order valence-electron chi connectivity index (χ2n) is 4.68. The quantitative estimate of drug-likeness (QED) is 0.854. The van der Waals surface area contributed by atoms with Crippen LogP contribution < -0.4 is 14.4 Å². The molecule has 7 heteroatoms. The van der Waals surface area contributed by atoms with Gasteiger partial charge < -0.3 is 19.1 Å². The zero-order chi connectivity index (χ0) is 14.7. The number of nitrogens with zero attached hydrogens (tertiary/aromatic N) is 2. The molecule has 0 radical (unpaired) electrons. The van der Waals surface area contributed by atoms with Crippen LogP contribution in [0.25, 0.3) is 11.3 Å². The van der Waals surface area contributed by atoms with Crippen LogP contribution in [-0.2, 0) is 4.74 Å². The number of thiazole rings is 1. The number of methoxy groups -OCH3 is 2. The van der Waals surface area contributed by atoms with Gasteiger partial charge >= 0.3 is 0 Å². The van der Waals surface area contributed by atoms with Crippen molar-refractivity contribution in [3.63, 3.8) is 0 Å². The summed E-state index contributed by atoms with van der Waals surface area (Å²) in [6.45, 7) is 3.30. The minimum Gasteiger partial charge on any atom is -0.497 e. The van der Waals surface area contributed by atoms with E-state index in [0.29, 0.717) is 0 Å². The van der Waals surface area contributed by atoms with Crippen LogP contribution in [0.1, 0.15) is 0 Å². The Morgan fingerprint density at radius 1 is 1.18 bits per heavy atom. The molecule has 2 heterocycles. The van der Waals surface area contributed by atoms with E-state index < -0.39 is 0 Å². The topological polar surface area (TPSA) is 43.8 Å². The first-order valence-electron chi connectivity index (χ1n) is 6.82. The summed E-state index contributed by atoms with van der Waals surface area (Å²) in [5.74, 6) is 1.60. The van der Waals surface area contributed by atoms with Crippen LogP contribution in [0, 0.1) is 0 Å². The second kappa shape index (κ2) is 7.67. The average molecular weight is 343 g/mol. The number of ether oxygens (including phenoxy) is 3. The molecule has 0 N–H and O–H groups in total. The number of hydrogen-bond donors (Lipinski definition) is 0. The monoisotopic (exact) mass is 342 g/mol. The van der Waals surface area contributed by atoms with Crippen molar-refractivity contribution in [1.82, 2.24) is 4.98 Å². The summed E-state index contributed by atoms with van der Waals surface area (Å²) in [6.07, 6.45) is 0. The van der Waals surface area contributed by atoms with Gasteiger partial charge in [0.05, 0.1) is 33.1 Å². The third-order valence-corrected chi connectivity index (χ3v) is 4.36. The van der Waals surface area contributed by atoms with Crippen molar-refractivity contribution in [1.29, 1.82) is 0 Å². The van der Waals surface area contributed by atoms with E-state index in [2.05, 4.69) is 10.3 Å². The third-order valence-electron chi connectivity index (χ3n) is 3.46. The smallest absolute Gasteiger partial charge is 0.186 e. The molecule has 120 valence electrons. The van der Waals surface area contributed by atoms with Gasteiger partial charge in [-0.05, 0) is 18.2 Å². The van der Waals surface area contributed by atoms with Gasteiger partial charge in [0.15, 0.2) is 5.13 Å². The largest absolute Gasteiger partial charge is 0.497 e. The van der Waals surface area contributed by atoms with Crippen molar-refractivity contribution >= 4 is 28.9 Å². The molecule has 5 nitrogen and oxygen atoms in total. The lowest BCUT2D eigenvalue weighted by atomic mass is 10.1. The van der Waals surface area contributed by atoms with Crippen LogP contribution in [-0.4, -0.2) is 45.5 Å². The predicted octanol–water partition coefficient (Wildman–Crippen LogP) is 3.09. The molecule has 0 saturated carbocycles. The normalized spacial score (nSPS) is 14.4. The van der Waals surface area contributed by atoms with Crippen LogP contribution in [0.5, 0.6) is 11.5 Å². The first-order valence-corrected chi connectivity index (χ1v) is 7.70. The standard InChI is InChI=1S/C15H18N2O3S.ClH/c1-18-11-3-4-14(19-2)12(9-11)13-10-21-15(16-13)17-5-7-20-8-6-17;/h3-4,9-10H,5-8H2,1-2H3;1H. The molecule has 22 heavy (non-hydrogen) atoms. The molecule has 0 bridgehead atoms. The fraction of sp³-hybridized carbons (Fsp3) is 0.400. The Bertz CT molecular complexity index is 615.